The van der Waals surface area contributed by atoms with Crippen LogP contribution in [0.5, 0.6) is 28.9 Å². The van der Waals surface area contributed by atoms with Crippen molar-refractivity contribution in [1.29, 1.82) is 0 Å². The van der Waals surface area contributed by atoms with Gasteiger partial charge in [0, 0.05) is 173 Å². The van der Waals surface area contributed by atoms with Crippen LogP contribution in [-0.4, -0.2) is 194 Å². The van der Waals surface area contributed by atoms with E-state index >= 15 is 0 Å². The van der Waals surface area contributed by atoms with Crippen LogP contribution in [0.4, 0.5) is 96.8 Å². The average molecular weight is 1700 g/mol. The van der Waals surface area contributed by atoms with E-state index in [-0.39, 0.29) is 29.7 Å². The molecule has 9 aromatic rings. The predicted octanol–water partition coefficient (Wildman–Crippen LogP) is 14.3. The SMILES string of the molecule is C=CC(=O)Nc1cccc(Nc2nc(Nc3ccc(N4CCN(C(C)=O)CC4)cc3OC)ncc2Br)c1.C=CC(=O)Nc1cccc(Nc2nc(Nc3ccc(N4CCN(S(C)(=O)=O)CC4)cc3OC)ncc2Cl)c1.C=CC(=O)Nc1cccc(Oc2nc(Nc3ccc(N4CCCN(C(=O)OC(C)(C)C)CC4)cc3OC)ncc2C)c1. The Morgan fingerprint density at radius 2 is 0.923 bits per heavy atom. The van der Waals surface area contributed by atoms with Crippen LogP contribution in [0, 0.1) is 6.92 Å². The van der Waals surface area contributed by atoms with E-state index in [9.17, 15) is 32.4 Å². The number of carbonyl (C=O) groups excluding carboxylic acids is 5. The molecule has 0 bridgehead atoms. The molecule has 6 aromatic carbocycles. The number of piperazine rings is 2. The zero-order chi connectivity index (χ0) is 83.9. The van der Waals surface area contributed by atoms with E-state index in [2.05, 4.69) is 123 Å². The third-order valence-electron chi connectivity index (χ3n) is 18.0. The number of amides is 5. The Kier molecular flexibility index (Phi) is 30.0. The molecular weight excluding hydrogens is 1600 g/mol. The van der Waals surface area contributed by atoms with Gasteiger partial charge in [0.05, 0.1) is 55.3 Å². The first kappa shape index (κ1) is 86.6. The highest BCUT2D eigenvalue weighted by atomic mass is 79.9. The van der Waals surface area contributed by atoms with E-state index in [0.717, 1.165) is 60.1 Å². The molecule has 0 spiro atoms. The minimum atomic E-state index is -3.20. The van der Waals surface area contributed by atoms with Gasteiger partial charge in [0.2, 0.25) is 57.4 Å². The van der Waals surface area contributed by atoms with Crippen molar-refractivity contribution in [2.24, 2.45) is 0 Å². The average Bonchev–Trinajstić information content (AvgIpc) is 0.883. The highest BCUT2D eigenvalue weighted by Gasteiger charge is 2.28. The molecule has 614 valence electrons. The molecule has 3 saturated heterocycles. The van der Waals surface area contributed by atoms with Gasteiger partial charge in [-0.25, -0.2) is 28.2 Å². The molecule has 3 aliphatic heterocycles. The van der Waals surface area contributed by atoms with Crippen LogP contribution in [0.15, 0.2) is 188 Å². The van der Waals surface area contributed by atoms with Gasteiger partial charge in [0.1, 0.15) is 39.4 Å². The summed E-state index contributed by atoms with van der Waals surface area (Å²) in [6.45, 7) is 27.1. The third-order valence-corrected chi connectivity index (χ3v) is 20.2. The van der Waals surface area contributed by atoms with Crippen molar-refractivity contribution in [3.8, 4) is 28.9 Å². The molecule has 5 amide bonds. The molecule has 117 heavy (non-hydrogen) atoms. The number of halogens is 2. The topological polar surface area (TPSA) is 359 Å². The molecule has 3 aromatic heterocycles. The summed E-state index contributed by atoms with van der Waals surface area (Å²) in [5, 5.41) is 24.5. The fourth-order valence-corrected chi connectivity index (χ4v) is 13.4. The van der Waals surface area contributed by atoms with Gasteiger partial charge in [-0.2, -0.15) is 19.3 Å². The smallest absolute Gasteiger partial charge is 0.410 e. The van der Waals surface area contributed by atoms with Gasteiger partial charge in [-0.1, -0.05) is 49.5 Å². The number of methoxy groups -OCH3 is 3. The summed E-state index contributed by atoms with van der Waals surface area (Å²) >= 11 is 9.82. The lowest BCUT2D eigenvalue weighted by atomic mass is 10.2. The van der Waals surface area contributed by atoms with Crippen molar-refractivity contribution in [2.75, 3.05) is 163 Å². The third kappa shape index (κ3) is 25.1. The summed E-state index contributed by atoms with van der Waals surface area (Å²) in [5.41, 5.74) is 8.39. The van der Waals surface area contributed by atoms with Crippen molar-refractivity contribution in [3.05, 3.63) is 199 Å². The fourth-order valence-electron chi connectivity index (χ4n) is 12.1. The van der Waals surface area contributed by atoms with Gasteiger partial charge in [0.15, 0.2) is 5.82 Å². The molecule has 0 unspecified atom stereocenters. The Hall–Kier alpha value is -12.8. The maximum atomic E-state index is 12.6. The van der Waals surface area contributed by atoms with Gasteiger partial charge in [-0.05, 0) is 153 Å². The number of nitrogens with zero attached hydrogens (tertiary/aromatic N) is 12. The highest BCUT2D eigenvalue weighted by Crippen LogP contribution is 2.38. The first-order valence-corrected chi connectivity index (χ1v) is 40.1. The Labute approximate surface area is 693 Å². The van der Waals surface area contributed by atoms with E-state index in [4.69, 9.17) is 35.3 Å². The van der Waals surface area contributed by atoms with Crippen LogP contribution < -0.4 is 76.2 Å². The van der Waals surface area contributed by atoms with Crippen LogP contribution in [0.1, 0.15) is 39.7 Å². The molecule has 6 heterocycles. The van der Waals surface area contributed by atoms with Gasteiger partial charge in [-0.15, -0.1) is 0 Å². The van der Waals surface area contributed by atoms with Gasteiger partial charge in [-0.3, -0.25) is 19.2 Å². The first-order valence-electron chi connectivity index (χ1n) is 37.1. The van der Waals surface area contributed by atoms with Crippen LogP contribution in [0.25, 0.3) is 0 Å². The molecule has 12 rings (SSSR count). The summed E-state index contributed by atoms with van der Waals surface area (Å²) in [6.07, 6.45) is 10.2. The summed E-state index contributed by atoms with van der Waals surface area (Å²) < 4.78 is 54.2. The largest absolute Gasteiger partial charge is 0.494 e. The number of ether oxygens (including phenoxy) is 5. The van der Waals surface area contributed by atoms with Gasteiger partial charge < -0.3 is 90.7 Å². The number of hydrogen-bond donors (Lipinski definition) is 8. The summed E-state index contributed by atoms with van der Waals surface area (Å²) in [5.74, 6) is 3.84. The van der Waals surface area contributed by atoms with E-state index in [1.54, 1.807) is 100 Å². The maximum Gasteiger partial charge on any atom is 0.410 e. The molecule has 0 radical (unpaired) electrons. The Morgan fingerprint density at radius 1 is 0.504 bits per heavy atom. The van der Waals surface area contributed by atoms with Gasteiger partial charge >= 0.3 is 6.09 Å². The van der Waals surface area contributed by atoms with E-state index < -0.39 is 15.6 Å². The zero-order valence-electron chi connectivity index (χ0n) is 66.3. The van der Waals surface area contributed by atoms with Crippen molar-refractivity contribution < 1.29 is 56.1 Å². The Morgan fingerprint density at radius 3 is 1.39 bits per heavy atom. The summed E-state index contributed by atoms with van der Waals surface area (Å²) in [6, 6.07) is 38.8. The number of sulfonamides is 1. The molecule has 35 heteroatoms. The molecule has 32 nitrogen and oxygen atoms in total. The molecule has 0 saturated carbocycles. The number of rotatable bonds is 25. The Balaban J connectivity index is 0.000000185. The number of anilines is 16. The van der Waals surface area contributed by atoms with Crippen molar-refractivity contribution in [3.63, 3.8) is 0 Å². The van der Waals surface area contributed by atoms with Crippen molar-refractivity contribution in [2.45, 2.75) is 46.6 Å². The normalized spacial score (nSPS) is 13.5. The first-order chi connectivity index (χ1) is 56.0. The van der Waals surface area contributed by atoms with Crippen molar-refractivity contribution in [1.82, 2.24) is 44.0 Å². The van der Waals surface area contributed by atoms with Crippen LogP contribution in [-0.2, 0) is 33.9 Å². The molecular formula is C82H94BrClN20O12S. The number of carbonyl (C=O) groups is 5. The van der Waals surface area contributed by atoms with Crippen LogP contribution in [0.3, 0.4) is 0 Å². The number of benzene rings is 6. The van der Waals surface area contributed by atoms with Gasteiger partial charge in [0.25, 0.3) is 0 Å². The van der Waals surface area contributed by atoms with E-state index in [0.29, 0.717) is 161 Å². The lowest BCUT2D eigenvalue weighted by Crippen LogP contribution is -2.48. The zero-order valence-corrected chi connectivity index (χ0v) is 69.5. The number of aromatic nitrogens is 6. The lowest BCUT2D eigenvalue weighted by molar-refractivity contribution is -0.129. The maximum absolute atomic E-state index is 12.6. The number of hydrogen-bond acceptors (Lipinski definition) is 26. The predicted molar refractivity (Wildman–Crippen MR) is 463 cm³/mol. The second kappa shape index (κ2) is 40.5. The minimum absolute atomic E-state index is 0.104. The number of aryl methyl sites for hydroxylation is 1. The molecule has 0 atom stereocenters. The standard InChI is InChI=1S/C31H38N6O5.C26H28BrN7O3.C25H28ClN7O4S/c1-7-27(38)33-22-10-8-11-24(18-22)41-28-21(2)20-32-29(35-28)34-25-13-12-23(19-26(25)40-6)36-14-9-15-37(17-16-36)30(39)42-31(3,4)5;1-4-24(36)29-18-6-5-7-19(14-18)30-25-21(27)16-28-26(32-25)31-22-9-8-20(15-23(22)37-3)34-12-10-33(11-13-34)17(2)35;1-4-23(34)28-17-6-5-7-18(14-17)29-24-20(26)16-27-25(31-24)30-21-9-8-19(15-22(21)37-2)32-10-12-33(13-11-32)38(3,35)36/h7-8,10-13,18-20H,1,9,14-17H2,2-6H3,(H,33,38)(H,32,34,35);4-9,14-16H,1,10-13H2,2-3H3,(H,29,36)(H2,28,30,31,32);4-9,14-16H,1,10-13H2,2-3H3,(H,28,34)(H2,27,29,30,31). The monoisotopic (exact) mass is 1700 g/mol. The number of nitrogens with one attached hydrogen (secondary N) is 8. The second-order valence-electron chi connectivity index (χ2n) is 27.6. The summed E-state index contributed by atoms with van der Waals surface area (Å²) in [4.78, 5) is 95.9. The molecule has 0 aliphatic carbocycles. The highest BCUT2D eigenvalue weighted by molar-refractivity contribution is 9.10. The fraction of sp³-hybridized carbons (Fsp3) is 0.280. The van der Waals surface area contributed by atoms with Crippen LogP contribution in [0.2, 0.25) is 5.02 Å². The minimum Gasteiger partial charge on any atom is -0.494 e. The lowest BCUT2D eigenvalue weighted by Gasteiger charge is -2.35. The summed E-state index contributed by atoms with van der Waals surface area (Å²) in [7, 11) is 1.60. The van der Waals surface area contributed by atoms with Crippen LogP contribution >= 0.6 is 27.5 Å². The molecule has 3 fully saturated rings. The second-order valence-corrected chi connectivity index (χ2v) is 30.8. The van der Waals surface area contributed by atoms with E-state index in [1.807, 2.05) is 105 Å². The van der Waals surface area contributed by atoms with E-state index in [1.165, 1.54) is 35.0 Å². The van der Waals surface area contributed by atoms with Crippen molar-refractivity contribution >= 4 is 159 Å². The molecule has 8 N–H and O–H groups in total. The quantitative estimate of drug-likeness (QED) is 0.0246. The Bertz CT molecular complexity index is 5200. The molecule has 3 aliphatic rings.